The number of nitrogens with one attached hydrogen (secondary N) is 1. The van der Waals surface area contributed by atoms with Gasteiger partial charge in [0.15, 0.2) is 0 Å². The minimum Gasteiger partial charge on any atom is -0.548 e. The summed E-state index contributed by atoms with van der Waals surface area (Å²) in [6.45, 7) is 1.19. The maximum absolute atomic E-state index is 12.0. The van der Waals surface area contributed by atoms with Gasteiger partial charge in [-0.1, -0.05) is 6.07 Å². The van der Waals surface area contributed by atoms with Gasteiger partial charge in [0.2, 0.25) is 10.0 Å². The van der Waals surface area contributed by atoms with Crippen molar-refractivity contribution in [3.63, 3.8) is 0 Å². The molecule has 0 radical (unpaired) electrons. The first-order chi connectivity index (χ1) is 8.42. The number of hydrogen-bond acceptors (Lipinski definition) is 7. The van der Waals surface area contributed by atoms with Crippen LogP contribution in [0.4, 0.5) is 0 Å². The summed E-state index contributed by atoms with van der Waals surface area (Å²) in [5.41, 5.74) is 0.671. The molecule has 0 aliphatic carbocycles. The molecular weight excluding hydrogens is 278 g/mol. The maximum Gasteiger partial charge on any atom is 0.243 e. The number of nitrogens with zero attached hydrogens (tertiary/aromatic N) is 2. The second kappa shape index (κ2) is 4.59. The highest BCUT2D eigenvalue weighted by Crippen LogP contribution is 2.20. The summed E-state index contributed by atoms with van der Waals surface area (Å²) in [6, 6.07) is 3.16. The van der Waals surface area contributed by atoms with Crippen LogP contribution in [-0.4, -0.2) is 29.2 Å². The van der Waals surface area contributed by atoms with E-state index < -0.39 is 22.0 Å². The van der Waals surface area contributed by atoms with E-state index in [1.54, 1.807) is 6.07 Å². The Hall–Kier alpha value is -1.58. The molecule has 1 heterocycles. The number of hydrogen-bond donors (Lipinski definition) is 1. The topological polar surface area (TPSA) is 112 Å². The molecule has 0 aliphatic rings. The van der Waals surface area contributed by atoms with Crippen molar-refractivity contribution in [2.45, 2.75) is 17.9 Å². The summed E-state index contributed by atoms with van der Waals surface area (Å²) >= 11 is 0.887. The van der Waals surface area contributed by atoms with Gasteiger partial charge in [-0.3, -0.25) is 0 Å². The maximum atomic E-state index is 12.0. The summed E-state index contributed by atoms with van der Waals surface area (Å²) in [5.74, 6) is -1.50. The van der Waals surface area contributed by atoms with E-state index in [0.29, 0.717) is 5.52 Å². The zero-order chi connectivity index (χ0) is 13.3. The van der Waals surface area contributed by atoms with Gasteiger partial charge in [-0.2, -0.15) is 8.75 Å². The number of aliphatic carboxylic acids is 1. The number of carboxylic acids is 1. The van der Waals surface area contributed by atoms with Gasteiger partial charge in [-0.25, -0.2) is 13.1 Å². The van der Waals surface area contributed by atoms with Crippen LogP contribution >= 0.6 is 11.7 Å². The van der Waals surface area contributed by atoms with Crippen molar-refractivity contribution in [3.05, 3.63) is 18.2 Å². The van der Waals surface area contributed by atoms with Gasteiger partial charge in [0, 0.05) is 0 Å². The first kappa shape index (κ1) is 12.9. The minimum atomic E-state index is -3.97. The Kier molecular flexibility index (Phi) is 3.28. The number of carbonyl (C=O) groups excluding carboxylic acids is 1. The first-order valence-electron chi connectivity index (χ1n) is 4.86. The fourth-order valence-corrected chi connectivity index (χ4v) is 3.30. The fourth-order valence-electron chi connectivity index (χ4n) is 1.34. The molecule has 18 heavy (non-hydrogen) atoms. The highest BCUT2D eigenvalue weighted by molar-refractivity contribution is 7.89. The molecule has 1 aromatic carbocycles. The second-order valence-corrected chi connectivity index (χ2v) is 5.76. The molecule has 96 valence electrons. The van der Waals surface area contributed by atoms with E-state index >= 15 is 0 Å². The van der Waals surface area contributed by atoms with Gasteiger partial charge in [0.25, 0.3) is 0 Å². The van der Waals surface area contributed by atoms with Crippen molar-refractivity contribution in [2.75, 3.05) is 0 Å². The average Bonchev–Trinajstić information content (AvgIpc) is 2.75. The Morgan fingerprint density at radius 3 is 2.83 bits per heavy atom. The number of benzene rings is 1. The highest BCUT2D eigenvalue weighted by Gasteiger charge is 2.21. The van der Waals surface area contributed by atoms with E-state index in [-0.39, 0.29) is 10.4 Å². The predicted octanol–water partition coefficient (Wildman–Crippen LogP) is -0.892. The zero-order valence-corrected chi connectivity index (χ0v) is 10.8. The smallest absolute Gasteiger partial charge is 0.243 e. The lowest BCUT2D eigenvalue weighted by molar-refractivity contribution is -0.307. The van der Waals surface area contributed by atoms with Gasteiger partial charge in [-0.05, 0) is 19.1 Å². The van der Waals surface area contributed by atoms with E-state index in [2.05, 4.69) is 8.75 Å². The second-order valence-electron chi connectivity index (χ2n) is 3.55. The lowest BCUT2D eigenvalue weighted by Gasteiger charge is -2.14. The van der Waals surface area contributed by atoms with Crippen LogP contribution in [0.25, 0.3) is 11.0 Å². The molecule has 0 saturated heterocycles. The number of sulfonamides is 1. The molecule has 0 fully saturated rings. The number of fused-ring (bicyclic) bond motifs is 1. The van der Waals surface area contributed by atoms with E-state index in [9.17, 15) is 18.3 Å². The predicted molar refractivity (Wildman–Crippen MR) is 62.2 cm³/mol. The van der Waals surface area contributed by atoms with Crippen LogP contribution in [0.3, 0.4) is 0 Å². The molecule has 0 saturated carbocycles. The lowest BCUT2D eigenvalue weighted by Crippen LogP contribution is -2.45. The van der Waals surface area contributed by atoms with E-state index in [0.717, 1.165) is 11.7 Å². The van der Waals surface area contributed by atoms with Crippen molar-refractivity contribution < 1.29 is 18.3 Å². The van der Waals surface area contributed by atoms with Crippen molar-refractivity contribution in [1.29, 1.82) is 0 Å². The van der Waals surface area contributed by atoms with Crippen LogP contribution in [0.15, 0.2) is 23.1 Å². The number of aromatic nitrogens is 2. The van der Waals surface area contributed by atoms with Crippen LogP contribution in [0.2, 0.25) is 0 Å². The number of rotatable bonds is 4. The van der Waals surface area contributed by atoms with E-state index in [1.165, 1.54) is 19.1 Å². The quantitative estimate of drug-likeness (QED) is 0.780. The molecule has 1 N–H and O–H groups in total. The van der Waals surface area contributed by atoms with E-state index in [4.69, 9.17) is 0 Å². The van der Waals surface area contributed by atoms with Crippen molar-refractivity contribution in [3.8, 4) is 0 Å². The van der Waals surface area contributed by atoms with Crippen LogP contribution in [0, 0.1) is 0 Å². The summed E-state index contributed by atoms with van der Waals surface area (Å²) in [7, 11) is -3.97. The molecule has 2 rings (SSSR count). The molecule has 0 unspecified atom stereocenters. The molecular formula is C9H8N3O4S2-. The van der Waals surface area contributed by atoms with Crippen LogP contribution < -0.4 is 9.83 Å². The average molecular weight is 286 g/mol. The third kappa shape index (κ3) is 2.33. The Morgan fingerprint density at radius 2 is 2.17 bits per heavy atom. The Morgan fingerprint density at radius 1 is 1.44 bits per heavy atom. The molecule has 0 spiro atoms. The zero-order valence-electron chi connectivity index (χ0n) is 9.15. The van der Waals surface area contributed by atoms with Crippen molar-refractivity contribution >= 4 is 38.8 Å². The van der Waals surface area contributed by atoms with E-state index in [1.807, 2.05) is 4.72 Å². The van der Waals surface area contributed by atoms with Gasteiger partial charge in [-0.15, -0.1) is 0 Å². The monoisotopic (exact) mass is 286 g/mol. The van der Waals surface area contributed by atoms with Crippen LogP contribution in [-0.2, 0) is 14.8 Å². The normalized spacial score (nSPS) is 13.6. The fraction of sp³-hybridized carbons (Fsp3) is 0.222. The summed E-state index contributed by atoms with van der Waals surface area (Å²) < 4.78 is 33.8. The lowest BCUT2D eigenvalue weighted by atomic mass is 10.3. The van der Waals surface area contributed by atoms with Crippen molar-refractivity contribution in [2.24, 2.45) is 0 Å². The summed E-state index contributed by atoms with van der Waals surface area (Å²) in [6.07, 6.45) is 0. The van der Waals surface area contributed by atoms with Gasteiger partial charge in [0.1, 0.15) is 15.9 Å². The molecule has 7 nitrogen and oxygen atoms in total. The summed E-state index contributed by atoms with van der Waals surface area (Å²) in [5, 5.41) is 10.6. The van der Waals surface area contributed by atoms with Gasteiger partial charge >= 0.3 is 0 Å². The third-order valence-electron chi connectivity index (χ3n) is 2.22. The molecule has 0 bridgehead atoms. The minimum absolute atomic E-state index is 0.0955. The molecule has 1 atom stereocenters. The summed E-state index contributed by atoms with van der Waals surface area (Å²) in [4.78, 5) is 10.5. The Labute approximate surface area is 107 Å². The first-order valence-corrected chi connectivity index (χ1v) is 7.07. The number of carbonyl (C=O) groups is 1. The van der Waals surface area contributed by atoms with Crippen LogP contribution in [0.1, 0.15) is 6.92 Å². The molecule has 0 aliphatic heterocycles. The molecule has 9 heteroatoms. The highest BCUT2D eigenvalue weighted by atomic mass is 32.2. The third-order valence-corrected chi connectivity index (χ3v) is 4.34. The standard InChI is InChI=1S/C9H9N3O4S2/c1-5(9(13)14)12-18(15,16)7-4-2-3-6-8(7)11-17-10-6/h2-5,12H,1H3,(H,13,14)/p-1/t5-/m0/s1. The number of carboxylic acid groups (broad SMARTS) is 1. The molecule has 0 amide bonds. The van der Waals surface area contributed by atoms with Gasteiger partial charge in [0.05, 0.1) is 23.7 Å². The van der Waals surface area contributed by atoms with Crippen LogP contribution in [0.5, 0.6) is 0 Å². The largest absolute Gasteiger partial charge is 0.548 e. The Balaban J connectivity index is 2.47. The molecule has 1 aromatic heterocycles. The van der Waals surface area contributed by atoms with Crippen molar-refractivity contribution in [1.82, 2.24) is 13.5 Å². The molecule has 2 aromatic rings. The van der Waals surface area contributed by atoms with Gasteiger partial charge < -0.3 is 9.90 Å². The Bertz CT molecular complexity index is 695. The SMILES string of the molecule is C[C@H](NS(=O)(=O)c1cccc2nsnc12)C(=O)[O-].